The zero-order valence-corrected chi connectivity index (χ0v) is 5.14. The van der Waals surface area contributed by atoms with Gasteiger partial charge >= 0.3 is 11.9 Å². The third kappa shape index (κ3) is 1.34. The molecular formula is C5H2N2O4. The van der Waals surface area contributed by atoms with Gasteiger partial charge in [0.1, 0.15) is 0 Å². The molecule has 6 heteroatoms. The Bertz CT molecular complexity index is 302. The topological polar surface area (TPSA) is 96.2 Å². The Kier molecular flexibility index (Phi) is 1.59. The highest BCUT2D eigenvalue weighted by atomic mass is 16.4. The summed E-state index contributed by atoms with van der Waals surface area (Å²) in [4.78, 5) is 36.9. The van der Waals surface area contributed by atoms with Crippen molar-refractivity contribution >= 4 is 29.7 Å². The van der Waals surface area contributed by atoms with E-state index < -0.39 is 23.5 Å². The molecule has 1 aliphatic heterocycles. The first-order valence-corrected chi connectivity index (χ1v) is 2.55. The van der Waals surface area contributed by atoms with Crippen LogP contribution in [0.15, 0.2) is 9.98 Å². The van der Waals surface area contributed by atoms with Gasteiger partial charge < -0.3 is 5.11 Å². The molecule has 1 N–H and O–H groups in total. The number of rotatable bonds is 1. The molecule has 6 nitrogen and oxygen atoms in total. The zero-order valence-electron chi connectivity index (χ0n) is 5.14. The first-order valence-electron chi connectivity index (χ1n) is 2.55. The van der Waals surface area contributed by atoms with Gasteiger partial charge in [-0.1, -0.05) is 0 Å². The molecule has 0 aliphatic carbocycles. The fourth-order valence-electron chi connectivity index (χ4n) is 0.458. The van der Waals surface area contributed by atoms with Gasteiger partial charge in [-0.15, -0.1) is 0 Å². The molecule has 0 saturated carbocycles. The number of ketones is 1. The summed E-state index contributed by atoms with van der Waals surface area (Å²) in [6.45, 7) is 0. The molecular weight excluding hydrogens is 152 g/mol. The number of aliphatic carboxylic acids is 1. The second-order valence-corrected chi connectivity index (χ2v) is 1.67. The fourth-order valence-corrected chi connectivity index (χ4v) is 0.458. The SMILES string of the molecule is O=C(O)C1=NC(=O)C(=O)C=N1. The van der Waals surface area contributed by atoms with Crippen LogP contribution in [0.2, 0.25) is 0 Å². The number of carboxylic acid groups (broad SMARTS) is 1. The highest BCUT2D eigenvalue weighted by Gasteiger charge is 2.20. The van der Waals surface area contributed by atoms with Crippen molar-refractivity contribution in [3.63, 3.8) is 0 Å². The molecule has 1 aliphatic rings. The van der Waals surface area contributed by atoms with Crippen molar-refractivity contribution in [1.82, 2.24) is 0 Å². The number of carboxylic acids is 1. The molecule has 11 heavy (non-hydrogen) atoms. The van der Waals surface area contributed by atoms with Gasteiger partial charge in [0.15, 0.2) is 0 Å². The summed E-state index contributed by atoms with van der Waals surface area (Å²) in [5.41, 5.74) is 0. The average molecular weight is 154 g/mol. The number of nitrogens with zero attached hydrogens (tertiary/aromatic N) is 2. The predicted octanol–water partition coefficient (Wildman–Crippen LogP) is -1.35. The van der Waals surface area contributed by atoms with Gasteiger partial charge in [-0.2, -0.15) is 4.99 Å². The predicted molar refractivity (Wildman–Crippen MR) is 33.6 cm³/mol. The van der Waals surface area contributed by atoms with E-state index in [0.717, 1.165) is 0 Å². The van der Waals surface area contributed by atoms with E-state index in [9.17, 15) is 14.4 Å². The maximum atomic E-state index is 10.4. The second-order valence-electron chi connectivity index (χ2n) is 1.67. The third-order valence-electron chi connectivity index (χ3n) is 0.914. The van der Waals surface area contributed by atoms with E-state index in [1.165, 1.54) is 0 Å². The number of Topliss-reactive ketones (excluding diaryl/α,β-unsaturated/α-hetero) is 1. The van der Waals surface area contributed by atoms with Crippen LogP contribution in [0, 0.1) is 0 Å². The van der Waals surface area contributed by atoms with Gasteiger partial charge in [-0.3, -0.25) is 9.59 Å². The van der Waals surface area contributed by atoms with Crippen molar-refractivity contribution in [2.45, 2.75) is 0 Å². The maximum absolute atomic E-state index is 10.4. The van der Waals surface area contributed by atoms with Crippen molar-refractivity contribution in [2.24, 2.45) is 9.98 Å². The molecule has 1 heterocycles. The Morgan fingerprint density at radius 3 is 2.55 bits per heavy atom. The van der Waals surface area contributed by atoms with Crippen LogP contribution in [0.1, 0.15) is 0 Å². The summed E-state index contributed by atoms with van der Waals surface area (Å²) in [7, 11) is 0. The summed E-state index contributed by atoms with van der Waals surface area (Å²) in [6.07, 6.45) is 0.638. The Hall–Kier alpha value is -1.85. The number of amidine groups is 1. The lowest BCUT2D eigenvalue weighted by Crippen LogP contribution is -2.24. The van der Waals surface area contributed by atoms with Crippen LogP contribution in [0.3, 0.4) is 0 Å². The largest absolute Gasteiger partial charge is 0.475 e. The Morgan fingerprint density at radius 2 is 2.09 bits per heavy atom. The maximum Gasteiger partial charge on any atom is 0.374 e. The molecule has 1 rings (SSSR count). The molecule has 0 unspecified atom stereocenters. The van der Waals surface area contributed by atoms with Crippen LogP contribution in [-0.2, 0) is 14.4 Å². The fraction of sp³-hybridized carbons (Fsp3) is 0. The summed E-state index contributed by atoms with van der Waals surface area (Å²) < 4.78 is 0. The smallest absolute Gasteiger partial charge is 0.374 e. The van der Waals surface area contributed by atoms with E-state index in [0.29, 0.717) is 6.21 Å². The van der Waals surface area contributed by atoms with E-state index in [-0.39, 0.29) is 0 Å². The number of hydrogen-bond donors (Lipinski definition) is 1. The lowest BCUT2D eigenvalue weighted by molar-refractivity contribution is -0.132. The molecule has 0 spiro atoms. The van der Waals surface area contributed by atoms with Gasteiger partial charge in [0.25, 0.3) is 5.78 Å². The van der Waals surface area contributed by atoms with Crippen LogP contribution in [0.25, 0.3) is 0 Å². The molecule has 0 aromatic carbocycles. The summed E-state index contributed by atoms with van der Waals surface area (Å²) in [5.74, 6) is -4.09. The molecule has 1 amide bonds. The average Bonchev–Trinajstić information content (AvgIpc) is 1.94. The van der Waals surface area contributed by atoms with Gasteiger partial charge in [0.05, 0.1) is 6.21 Å². The molecule has 56 valence electrons. The Balaban J connectivity index is 2.98. The van der Waals surface area contributed by atoms with E-state index in [2.05, 4.69) is 9.98 Å². The standard InChI is InChI=1S/C5H2N2O4/c8-2-1-6-3(5(10)11)7-4(2)9/h1H,(H,10,11). The van der Waals surface area contributed by atoms with E-state index >= 15 is 0 Å². The Morgan fingerprint density at radius 1 is 1.45 bits per heavy atom. The van der Waals surface area contributed by atoms with Crippen LogP contribution in [0.5, 0.6) is 0 Å². The molecule has 0 radical (unpaired) electrons. The lowest BCUT2D eigenvalue weighted by atomic mass is 10.3. The monoisotopic (exact) mass is 154 g/mol. The van der Waals surface area contributed by atoms with E-state index in [1.54, 1.807) is 0 Å². The van der Waals surface area contributed by atoms with Crippen molar-refractivity contribution in [3.05, 3.63) is 0 Å². The highest BCUT2D eigenvalue weighted by molar-refractivity contribution is 6.63. The van der Waals surface area contributed by atoms with Gasteiger partial charge in [-0.25, -0.2) is 9.79 Å². The number of carbonyl (C=O) groups is 3. The van der Waals surface area contributed by atoms with Crippen LogP contribution < -0.4 is 0 Å². The quantitative estimate of drug-likeness (QED) is 0.472. The van der Waals surface area contributed by atoms with Crippen LogP contribution in [-0.4, -0.2) is 34.8 Å². The first kappa shape index (κ1) is 7.26. The number of aliphatic imine (C=N–C) groups is 2. The van der Waals surface area contributed by atoms with E-state index in [4.69, 9.17) is 5.11 Å². The number of amides is 1. The zero-order chi connectivity index (χ0) is 8.43. The van der Waals surface area contributed by atoms with Crippen molar-refractivity contribution in [2.75, 3.05) is 0 Å². The molecule has 0 aromatic rings. The van der Waals surface area contributed by atoms with Gasteiger partial charge in [0.2, 0.25) is 5.84 Å². The number of hydrogen-bond acceptors (Lipinski definition) is 4. The Labute approximate surface area is 60.3 Å². The highest BCUT2D eigenvalue weighted by Crippen LogP contribution is 1.91. The normalized spacial score (nSPS) is 16.5. The summed E-state index contributed by atoms with van der Waals surface area (Å²) in [5, 5.41) is 8.23. The molecule has 0 saturated heterocycles. The molecule has 0 atom stereocenters. The molecule has 0 aromatic heterocycles. The number of carbonyl (C=O) groups excluding carboxylic acids is 2. The third-order valence-corrected chi connectivity index (χ3v) is 0.914. The minimum absolute atomic E-state index is 0.638. The van der Waals surface area contributed by atoms with E-state index in [1.807, 2.05) is 0 Å². The minimum Gasteiger partial charge on any atom is -0.475 e. The first-order chi connectivity index (χ1) is 5.11. The molecule has 0 bridgehead atoms. The lowest BCUT2D eigenvalue weighted by Gasteiger charge is -1.96. The second kappa shape index (κ2) is 2.41. The summed E-state index contributed by atoms with van der Waals surface area (Å²) in [6, 6.07) is 0. The minimum atomic E-state index is -1.43. The molecule has 0 fully saturated rings. The van der Waals surface area contributed by atoms with Crippen molar-refractivity contribution in [1.29, 1.82) is 0 Å². The van der Waals surface area contributed by atoms with Crippen molar-refractivity contribution < 1.29 is 19.5 Å². The van der Waals surface area contributed by atoms with Crippen LogP contribution >= 0.6 is 0 Å². The van der Waals surface area contributed by atoms with Gasteiger partial charge in [0, 0.05) is 0 Å². The van der Waals surface area contributed by atoms with Gasteiger partial charge in [-0.05, 0) is 0 Å². The van der Waals surface area contributed by atoms with Crippen molar-refractivity contribution in [3.8, 4) is 0 Å². The summed E-state index contributed by atoms with van der Waals surface area (Å²) >= 11 is 0. The van der Waals surface area contributed by atoms with Crippen LogP contribution in [0.4, 0.5) is 0 Å².